The molecule has 1 heterocycles. The lowest BCUT2D eigenvalue weighted by molar-refractivity contribution is 0.101. The second-order valence-electron chi connectivity index (χ2n) is 5.85. The van der Waals surface area contributed by atoms with Crippen molar-refractivity contribution in [3.8, 4) is 5.75 Å². The van der Waals surface area contributed by atoms with E-state index in [4.69, 9.17) is 4.74 Å². The molecule has 136 valence electrons. The van der Waals surface area contributed by atoms with Gasteiger partial charge >= 0.3 is 0 Å². The van der Waals surface area contributed by atoms with Crippen molar-refractivity contribution in [3.05, 3.63) is 78.0 Å². The minimum atomic E-state index is -0.299. The van der Waals surface area contributed by atoms with Crippen molar-refractivity contribution in [2.75, 3.05) is 17.7 Å². The van der Waals surface area contributed by atoms with Crippen LogP contribution in [-0.2, 0) is 0 Å². The quantitative estimate of drug-likeness (QED) is 0.640. The van der Waals surface area contributed by atoms with E-state index >= 15 is 0 Å². The lowest BCUT2D eigenvalue weighted by atomic mass is 10.1. The summed E-state index contributed by atoms with van der Waals surface area (Å²) < 4.78 is 5.29. The van der Waals surface area contributed by atoms with Crippen LogP contribution in [0.5, 0.6) is 5.75 Å². The highest BCUT2D eigenvalue weighted by atomic mass is 16.5. The average molecular weight is 361 g/mol. The fourth-order valence-corrected chi connectivity index (χ4v) is 2.51. The molecular formula is C21H19N3O3. The Balaban J connectivity index is 1.70. The zero-order valence-electron chi connectivity index (χ0n) is 15.0. The summed E-state index contributed by atoms with van der Waals surface area (Å²) >= 11 is 0. The Kier molecular flexibility index (Phi) is 5.47. The molecule has 0 aliphatic rings. The molecule has 0 bridgehead atoms. The molecule has 0 unspecified atom stereocenters. The first-order valence-corrected chi connectivity index (χ1v) is 8.35. The molecule has 6 nitrogen and oxygen atoms in total. The Hall–Kier alpha value is -3.67. The van der Waals surface area contributed by atoms with Gasteiger partial charge in [0.25, 0.3) is 5.91 Å². The lowest BCUT2D eigenvalue weighted by Crippen LogP contribution is -2.12. The monoisotopic (exact) mass is 361 g/mol. The van der Waals surface area contributed by atoms with Gasteiger partial charge in [0, 0.05) is 17.4 Å². The van der Waals surface area contributed by atoms with Gasteiger partial charge in [-0.15, -0.1) is 0 Å². The van der Waals surface area contributed by atoms with Crippen LogP contribution in [0.1, 0.15) is 27.6 Å². The number of anilines is 3. The predicted octanol–water partition coefficient (Wildman–Crippen LogP) is 4.29. The number of hydrogen-bond donors (Lipinski definition) is 2. The van der Waals surface area contributed by atoms with Gasteiger partial charge in [-0.1, -0.05) is 24.3 Å². The Labute approximate surface area is 157 Å². The number of benzene rings is 2. The fraction of sp³-hybridized carbons (Fsp3) is 0.0952. The molecule has 0 saturated heterocycles. The third-order valence-electron chi connectivity index (χ3n) is 3.92. The van der Waals surface area contributed by atoms with Gasteiger partial charge in [-0.2, -0.15) is 0 Å². The number of rotatable bonds is 6. The van der Waals surface area contributed by atoms with Crippen LogP contribution in [0, 0.1) is 0 Å². The highest BCUT2D eigenvalue weighted by molar-refractivity contribution is 6.05. The van der Waals surface area contributed by atoms with Crippen LogP contribution < -0.4 is 15.4 Å². The fourth-order valence-electron chi connectivity index (χ4n) is 2.51. The number of amides is 1. The Morgan fingerprint density at radius 2 is 1.78 bits per heavy atom. The van der Waals surface area contributed by atoms with E-state index in [2.05, 4.69) is 15.6 Å². The van der Waals surface area contributed by atoms with E-state index in [1.54, 1.807) is 43.5 Å². The molecule has 2 N–H and O–H groups in total. The van der Waals surface area contributed by atoms with Crippen LogP contribution in [0.4, 0.5) is 17.2 Å². The molecule has 0 radical (unpaired) electrons. The van der Waals surface area contributed by atoms with Gasteiger partial charge < -0.3 is 15.4 Å². The smallest absolute Gasteiger partial charge is 0.257 e. The van der Waals surface area contributed by atoms with Crippen LogP contribution in [0.3, 0.4) is 0 Å². The maximum atomic E-state index is 12.4. The Bertz CT molecular complexity index is 968. The standard InChI is InChI=1S/C21H19N3O3/c1-14(25)15-6-5-7-17(12-15)23-21(26)16-10-11-20(22-13-16)24-18-8-3-4-9-19(18)27-2/h3-13H,1-2H3,(H,22,24)(H,23,26). The van der Waals surface area contributed by atoms with Gasteiger partial charge in [0.2, 0.25) is 0 Å². The van der Waals surface area contributed by atoms with E-state index in [1.807, 2.05) is 24.3 Å². The summed E-state index contributed by atoms with van der Waals surface area (Å²) in [5, 5.41) is 5.92. The van der Waals surface area contributed by atoms with Crippen molar-refractivity contribution >= 4 is 28.9 Å². The second kappa shape index (κ2) is 8.14. The first-order chi connectivity index (χ1) is 13.1. The summed E-state index contributed by atoms with van der Waals surface area (Å²) in [6, 6.07) is 17.7. The molecule has 27 heavy (non-hydrogen) atoms. The van der Waals surface area contributed by atoms with Gasteiger partial charge in [-0.3, -0.25) is 9.59 Å². The number of carbonyl (C=O) groups excluding carboxylic acids is 2. The van der Waals surface area contributed by atoms with Crippen molar-refractivity contribution in [3.63, 3.8) is 0 Å². The highest BCUT2D eigenvalue weighted by Crippen LogP contribution is 2.26. The third kappa shape index (κ3) is 4.49. The number of nitrogens with zero attached hydrogens (tertiary/aromatic N) is 1. The number of Topliss-reactive ketones (excluding diaryl/α,β-unsaturated/α-hetero) is 1. The molecule has 1 amide bonds. The molecule has 0 fully saturated rings. The van der Waals surface area contributed by atoms with E-state index in [0.29, 0.717) is 28.4 Å². The molecule has 3 aromatic rings. The lowest BCUT2D eigenvalue weighted by Gasteiger charge is -2.11. The third-order valence-corrected chi connectivity index (χ3v) is 3.92. The maximum absolute atomic E-state index is 12.4. The summed E-state index contributed by atoms with van der Waals surface area (Å²) in [4.78, 5) is 28.1. The van der Waals surface area contributed by atoms with Crippen molar-refractivity contribution in [1.29, 1.82) is 0 Å². The Morgan fingerprint density at radius 3 is 2.48 bits per heavy atom. The number of pyridine rings is 1. The van der Waals surface area contributed by atoms with E-state index in [0.717, 1.165) is 5.69 Å². The number of hydrogen-bond acceptors (Lipinski definition) is 5. The van der Waals surface area contributed by atoms with Gasteiger partial charge in [-0.05, 0) is 43.3 Å². The number of ketones is 1. The van der Waals surface area contributed by atoms with Crippen LogP contribution in [0.15, 0.2) is 66.9 Å². The normalized spacial score (nSPS) is 10.1. The molecule has 6 heteroatoms. The van der Waals surface area contributed by atoms with Crippen molar-refractivity contribution in [2.45, 2.75) is 6.92 Å². The van der Waals surface area contributed by atoms with E-state index in [-0.39, 0.29) is 11.7 Å². The molecule has 0 saturated carbocycles. The summed E-state index contributed by atoms with van der Waals surface area (Å²) in [7, 11) is 1.60. The predicted molar refractivity (Wildman–Crippen MR) is 105 cm³/mol. The molecular weight excluding hydrogens is 342 g/mol. The molecule has 0 aliphatic heterocycles. The van der Waals surface area contributed by atoms with Crippen LogP contribution in [0.2, 0.25) is 0 Å². The summed E-state index contributed by atoms with van der Waals surface area (Å²) in [5.74, 6) is 0.938. The van der Waals surface area contributed by atoms with Crippen LogP contribution >= 0.6 is 0 Å². The Morgan fingerprint density at radius 1 is 0.963 bits per heavy atom. The van der Waals surface area contributed by atoms with Crippen molar-refractivity contribution < 1.29 is 14.3 Å². The number of para-hydroxylation sites is 2. The van der Waals surface area contributed by atoms with Crippen molar-refractivity contribution in [2.24, 2.45) is 0 Å². The molecule has 3 rings (SSSR count). The zero-order chi connectivity index (χ0) is 19.2. The topological polar surface area (TPSA) is 80.3 Å². The van der Waals surface area contributed by atoms with Crippen LogP contribution in [0.25, 0.3) is 0 Å². The van der Waals surface area contributed by atoms with E-state index < -0.39 is 0 Å². The molecule has 0 atom stereocenters. The van der Waals surface area contributed by atoms with Gasteiger partial charge in [-0.25, -0.2) is 4.98 Å². The molecule has 0 aliphatic carbocycles. The number of methoxy groups -OCH3 is 1. The van der Waals surface area contributed by atoms with Crippen molar-refractivity contribution in [1.82, 2.24) is 4.98 Å². The van der Waals surface area contributed by atoms with E-state index in [9.17, 15) is 9.59 Å². The van der Waals surface area contributed by atoms with Gasteiger partial charge in [0.05, 0.1) is 18.4 Å². The number of nitrogens with one attached hydrogen (secondary N) is 2. The van der Waals surface area contributed by atoms with E-state index in [1.165, 1.54) is 13.1 Å². The van der Waals surface area contributed by atoms with Crippen LogP contribution in [-0.4, -0.2) is 23.8 Å². The number of ether oxygens (including phenoxy) is 1. The second-order valence-corrected chi connectivity index (χ2v) is 5.85. The summed E-state index contributed by atoms with van der Waals surface area (Å²) in [6.07, 6.45) is 1.49. The summed E-state index contributed by atoms with van der Waals surface area (Å²) in [6.45, 7) is 1.48. The maximum Gasteiger partial charge on any atom is 0.257 e. The first kappa shape index (κ1) is 18.1. The summed E-state index contributed by atoms with van der Waals surface area (Å²) in [5.41, 5.74) is 2.30. The first-order valence-electron chi connectivity index (χ1n) is 8.35. The average Bonchev–Trinajstić information content (AvgIpc) is 2.69. The van der Waals surface area contributed by atoms with Gasteiger partial charge in [0.1, 0.15) is 11.6 Å². The minimum Gasteiger partial charge on any atom is -0.495 e. The van der Waals surface area contributed by atoms with Gasteiger partial charge in [0.15, 0.2) is 5.78 Å². The highest BCUT2D eigenvalue weighted by Gasteiger charge is 2.09. The SMILES string of the molecule is COc1ccccc1Nc1ccc(C(=O)Nc2cccc(C(C)=O)c2)cn1. The minimum absolute atomic E-state index is 0.0560. The number of aromatic nitrogens is 1. The zero-order valence-corrected chi connectivity index (χ0v) is 15.0. The molecule has 0 spiro atoms. The molecule has 1 aromatic heterocycles. The molecule has 2 aromatic carbocycles. The number of carbonyl (C=O) groups is 2. The largest absolute Gasteiger partial charge is 0.495 e.